The molecule has 0 saturated heterocycles. The molecule has 0 aromatic heterocycles. The fourth-order valence-corrected chi connectivity index (χ4v) is 5.73. The highest BCUT2D eigenvalue weighted by molar-refractivity contribution is 5.83. The molecule has 196 valence electrons. The molecule has 38 heavy (non-hydrogen) atoms. The molecule has 0 atom stereocenters. The van der Waals surface area contributed by atoms with Gasteiger partial charge in [-0.2, -0.15) is 26.3 Å². The number of alkyl halides is 6. The van der Waals surface area contributed by atoms with Crippen molar-refractivity contribution in [1.82, 2.24) is 0 Å². The molecule has 0 N–H and O–H groups in total. The van der Waals surface area contributed by atoms with Gasteiger partial charge in [-0.3, -0.25) is 0 Å². The van der Waals surface area contributed by atoms with E-state index in [1.807, 2.05) is 25.1 Å². The Hall–Kier alpha value is -3.54. The van der Waals surface area contributed by atoms with Crippen molar-refractivity contribution in [3.63, 3.8) is 0 Å². The highest BCUT2D eigenvalue weighted by atomic mass is 19.4. The van der Waals surface area contributed by atoms with Gasteiger partial charge in [0.1, 0.15) is 0 Å². The van der Waals surface area contributed by atoms with Crippen molar-refractivity contribution in [2.45, 2.75) is 50.9 Å². The van der Waals surface area contributed by atoms with E-state index >= 15 is 0 Å². The largest absolute Gasteiger partial charge is 0.411 e. The summed E-state index contributed by atoms with van der Waals surface area (Å²) in [5.74, 6) is 0. The summed E-state index contributed by atoms with van der Waals surface area (Å²) in [4.78, 5) is 0. The van der Waals surface area contributed by atoms with E-state index in [2.05, 4.69) is 32.0 Å². The molecule has 0 aliphatic heterocycles. The van der Waals surface area contributed by atoms with Crippen LogP contribution in [0.4, 0.5) is 26.3 Å². The van der Waals surface area contributed by atoms with Crippen LogP contribution in [0.2, 0.25) is 0 Å². The topological polar surface area (TPSA) is 0 Å². The summed E-state index contributed by atoms with van der Waals surface area (Å²) < 4.78 is 86.6. The lowest BCUT2D eigenvalue weighted by atomic mass is 9.72. The Balaban J connectivity index is 1.62. The average Bonchev–Trinajstić information content (AvgIpc) is 3.05. The third-order valence-corrected chi connectivity index (χ3v) is 7.82. The Bertz CT molecular complexity index is 1490. The summed E-state index contributed by atoms with van der Waals surface area (Å²) in [6.07, 6.45) is -11.2. The van der Waals surface area contributed by atoms with E-state index in [4.69, 9.17) is 0 Å². The van der Waals surface area contributed by atoms with Gasteiger partial charge < -0.3 is 0 Å². The Morgan fingerprint density at radius 2 is 0.921 bits per heavy atom. The predicted octanol–water partition coefficient (Wildman–Crippen LogP) is 9.69. The Kier molecular flexibility index (Phi) is 5.82. The highest BCUT2D eigenvalue weighted by Crippen LogP contribution is 2.56. The van der Waals surface area contributed by atoms with E-state index in [-0.39, 0.29) is 5.41 Å². The van der Waals surface area contributed by atoms with Crippen LogP contribution in [0.3, 0.4) is 0 Å². The number of benzene rings is 4. The van der Waals surface area contributed by atoms with Gasteiger partial charge in [0.15, 0.2) is 0 Å². The molecule has 1 aliphatic rings. The third-order valence-electron chi connectivity index (χ3n) is 7.82. The lowest BCUT2D eigenvalue weighted by Gasteiger charge is -2.38. The maximum atomic E-state index is 14.4. The van der Waals surface area contributed by atoms with Gasteiger partial charge in [0.2, 0.25) is 5.41 Å². The van der Waals surface area contributed by atoms with Crippen LogP contribution in [0.15, 0.2) is 84.9 Å². The summed E-state index contributed by atoms with van der Waals surface area (Å²) in [6.45, 7) is 7.88. The first-order valence-corrected chi connectivity index (χ1v) is 12.3. The molecule has 0 unspecified atom stereocenters. The summed E-state index contributed by atoms with van der Waals surface area (Å²) in [7, 11) is 0. The van der Waals surface area contributed by atoms with Gasteiger partial charge >= 0.3 is 12.4 Å². The van der Waals surface area contributed by atoms with Crippen LogP contribution in [0, 0.1) is 13.8 Å². The normalized spacial score (nSPS) is 14.8. The molecule has 0 nitrogen and oxygen atoms in total. The van der Waals surface area contributed by atoms with E-state index in [1.54, 1.807) is 6.92 Å². The molecule has 5 rings (SSSR count). The minimum absolute atomic E-state index is 0.292. The number of halogens is 6. The first-order valence-electron chi connectivity index (χ1n) is 12.3. The second-order valence-electron chi connectivity index (χ2n) is 10.6. The van der Waals surface area contributed by atoms with Crippen molar-refractivity contribution >= 4 is 0 Å². The van der Waals surface area contributed by atoms with Gasteiger partial charge in [-0.05, 0) is 64.4 Å². The molecule has 0 fully saturated rings. The van der Waals surface area contributed by atoms with Gasteiger partial charge in [-0.25, -0.2) is 0 Å². The first kappa shape index (κ1) is 26.1. The van der Waals surface area contributed by atoms with Crippen molar-refractivity contribution in [1.29, 1.82) is 0 Å². The molecule has 1 aliphatic carbocycles. The maximum Gasteiger partial charge on any atom is 0.411 e. The minimum atomic E-state index is -5.61. The molecule has 0 spiro atoms. The van der Waals surface area contributed by atoms with E-state index in [0.717, 1.165) is 52.1 Å². The minimum Gasteiger partial charge on any atom is -0.169 e. The smallest absolute Gasteiger partial charge is 0.169 e. The number of hydrogen-bond donors (Lipinski definition) is 0. The van der Waals surface area contributed by atoms with Crippen molar-refractivity contribution in [3.05, 3.63) is 118 Å². The standard InChI is InChI=1S/C32H26F6/c1-19-5-11-23(12-6-19)30(31(33,34)35,32(36,37)38)24-13-8-21(9-14-24)22-10-16-26-25-15-7-20(2)17-27(25)29(3,4)28(26)18-22/h5-18H,1-4H3. The molecule has 4 aromatic carbocycles. The van der Waals surface area contributed by atoms with E-state index in [9.17, 15) is 26.3 Å². The van der Waals surface area contributed by atoms with Crippen LogP contribution in [0.25, 0.3) is 22.3 Å². The lowest BCUT2D eigenvalue weighted by molar-refractivity contribution is -0.288. The Morgan fingerprint density at radius 1 is 0.500 bits per heavy atom. The van der Waals surface area contributed by atoms with Gasteiger partial charge in [0, 0.05) is 5.41 Å². The van der Waals surface area contributed by atoms with Crippen molar-refractivity contribution in [2.75, 3.05) is 0 Å². The number of aryl methyl sites for hydroxylation is 2. The van der Waals surface area contributed by atoms with Crippen LogP contribution in [0.5, 0.6) is 0 Å². The molecule has 0 amide bonds. The molecule has 4 aromatic rings. The van der Waals surface area contributed by atoms with Crippen LogP contribution in [0.1, 0.15) is 47.2 Å². The van der Waals surface area contributed by atoms with Crippen molar-refractivity contribution < 1.29 is 26.3 Å². The van der Waals surface area contributed by atoms with Crippen LogP contribution in [-0.2, 0) is 10.8 Å². The molecule has 0 radical (unpaired) electrons. The van der Waals surface area contributed by atoms with Crippen LogP contribution < -0.4 is 0 Å². The van der Waals surface area contributed by atoms with Gasteiger partial charge in [-0.1, -0.05) is 104 Å². The van der Waals surface area contributed by atoms with Gasteiger partial charge in [0.25, 0.3) is 0 Å². The molecule has 0 bridgehead atoms. The van der Waals surface area contributed by atoms with E-state index in [1.165, 1.54) is 29.8 Å². The second-order valence-corrected chi connectivity index (χ2v) is 10.6. The molecular weight excluding hydrogens is 498 g/mol. The fraction of sp³-hybridized carbons (Fsp3) is 0.250. The summed E-state index contributed by atoms with van der Waals surface area (Å²) in [6, 6.07) is 21.1. The quantitative estimate of drug-likeness (QED) is 0.234. The second kappa shape index (κ2) is 8.48. The van der Waals surface area contributed by atoms with E-state index in [0.29, 0.717) is 11.1 Å². The molecule has 0 saturated carbocycles. The first-order chi connectivity index (χ1) is 17.7. The Morgan fingerprint density at radius 3 is 1.45 bits per heavy atom. The summed E-state index contributed by atoms with van der Waals surface area (Å²) in [5, 5.41) is 0. The zero-order chi connectivity index (χ0) is 27.7. The SMILES string of the molecule is Cc1ccc(C(c2ccc(-c3ccc4c(c3)C(C)(C)c3cc(C)ccc3-4)cc2)(C(F)(F)F)C(F)(F)F)cc1. The summed E-state index contributed by atoms with van der Waals surface area (Å²) >= 11 is 0. The van der Waals surface area contributed by atoms with Crippen LogP contribution in [-0.4, -0.2) is 12.4 Å². The van der Waals surface area contributed by atoms with Gasteiger partial charge in [0.05, 0.1) is 0 Å². The third kappa shape index (κ3) is 3.76. The van der Waals surface area contributed by atoms with E-state index < -0.39 is 28.9 Å². The van der Waals surface area contributed by atoms with Gasteiger partial charge in [-0.15, -0.1) is 0 Å². The maximum absolute atomic E-state index is 14.4. The highest BCUT2D eigenvalue weighted by Gasteiger charge is 2.72. The average molecular weight is 525 g/mol. The van der Waals surface area contributed by atoms with Crippen molar-refractivity contribution in [3.8, 4) is 22.3 Å². The monoisotopic (exact) mass is 524 g/mol. The Labute approximate surface area is 218 Å². The zero-order valence-corrected chi connectivity index (χ0v) is 21.4. The molecular formula is C32H26F6. The fourth-order valence-electron chi connectivity index (χ4n) is 5.73. The number of rotatable bonds is 3. The predicted molar refractivity (Wildman–Crippen MR) is 138 cm³/mol. The van der Waals surface area contributed by atoms with Crippen LogP contribution >= 0.6 is 0 Å². The molecule has 0 heterocycles. The number of fused-ring (bicyclic) bond motifs is 3. The molecule has 6 heteroatoms. The number of hydrogen-bond acceptors (Lipinski definition) is 0. The lowest BCUT2D eigenvalue weighted by Crippen LogP contribution is -2.54. The van der Waals surface area contributed by atoms with Crippen molar-refractivity contribution in [2.24, 2.45) is 0 Å². The zero-order valence-electron chi connectivity index (χ0n) is 21.4. The summed E-state index contributed by atoms with van der Waals surface area (Å²) in [5.41, 5.74) is 1.30.